The molecule has 0 spiro atoms. The van der Waals surface area contributed by atoms with Gasteiger partial charge >= 0.3 is 18.2 Å². The molecule has 0 atom stereocenters. The maximum absolute atomic E-state index is 13.3. The summed E-state index contributed by atoms with van der Waals surface area (Å²) in [5.74, 6) is -1.28. The number of amides is 2. The normalized spacial score (nSPS) is 14.1. The van der Waals surface area contributed by atoms with E-state index in [-0.39, 0.29) is 37.8 Å². The average molecular weight is 495 g/mol. The summed E-state index contributed by atoms with van der Waals surface area (Å²) in [4.78, 5) is 35.2. The molecule has 1 N–H and O–H groups in total. The average Bonchev–Trinajstić information content (AvgIpc) is 2.89. The molecule has 2 amide bonds. The molecule has 0 aliphatic carbocycles. The standard InChI is InChI=1S/C25H20F3N5O3/c26-25(27,28)22-20(14-17(15-29)16-30-22)23(34)36-33-12-10-32(11-13-33)24(35)31-21-9-5-4-8-19(21)18-6-2-1-3-7-18/h1-9,14,16H,10-13H2,(H,31,35). The molecular weight excluding hydrogens is 475 g/mol. The van der Waals surface area contributed by atoms with E-state index in [0.29, 0.717) is 5.69 Å². The third kappa shape index (κ3) is 5.61. The molecular formula is C25H20F3N5O3. The molecule has 1 aliphatic rings. The van der Waals surface area contributed by atoms with Gasteiger partial charge in [-0.25, -0.2) is 14.6 Å². The fourth-order valence-electron chi connectivity index (χ4n) is 3.71. The molecule has 0 unspecified atom stereocenters. The second-order valence-electron chi connectivity index (χ2n) is 7.87. The van der Waals surface area contributed by atoms with E-state index in [1.807, 2.05) is 48.5 Å². The van der Waals surface area contributed by atoms with Crippen molar-refractivity contribution in [3.63, 3.8) is 0 Å². The third-order valence-electron chi connectivity index (χ3n) is 5.50. The molecule has 1 aromatic heterocycles. The highest BCUT2D eigenvalue weighted by atomic mass is 19.4. The van der Waals surface area contributed by atoms with E-state index >= 15 is 0 Å². The van der Waals surface area contributed by atoms with Crippen LogP contribution in [-0.2, 0) is 11.0 Å². The van der Waals surface area contributed by atoms with E-state index in [1.165, 1.54) is 9.96 Å². The Morgan fingerprint density at radius 1 is 1.00 bits per heavy atom. The molecule has 0 radical (unpaired) electrons. The Balaban J connectivity index is 1.38. The first-order valence-corrected chi connectivity index (χ1v) is 10.9. The number of piperazine rings is 1. The number of alkyl halides is 3. The minimum absolute atomic E-state index is 0.0895. The van der Waals surface area contributed by atoms with Gasteiger partial charge in [0, 0.05) is 24.8 Å². The number of urea groups is 1. The molecule has 8 nitrogen and oxygen atoms in total. The van der Waals surface area contributed by atoms with Crippen LogP contribution < -0.4 is 5.32 Å². The highest BCUT2D eigenvalue weighted by Gasteiger charge is 2.38. The lowest BCUT2D eigenvalue weighted by molar-refractivity contribution is -0.144. The molecule has 1 fully saturated rings. The number of carbonyl (C=O) groups excluding carboxylic acids is 2. The van der Waals surface area contributed by atoms with Gasteiger partial charge in [-0.15, -0.1) is 5.06 Å². The largest absolute Gasteiger partial charge is 0.434 e. The van der Waals surface area contributed by atoms with Crippen molar-refractivity contribution in [1.82, 2.24) is 14.9 Å². The van der Waals surface area contributed by atoms with E-state index in [9.17, 15) is 22.8 Å². The van der Waals surface area contributed by atoms with Gasteiger partial charge in [0.15, 0.2) is 5.69 Å². The molecule has 0 bridgehead atoms. The number of hydroxylamine groups is 2. The van der Waals surface area contributed by atoms with E-state index in [1.54, 1.807) is 12.1 Å². The summed E-state index contributed by atoms with van der Waals surface area (Å²) in [5.41, 5.74) is -0.0498. The van der Waals surface area contributed by atoms with E-state index in [4.69, 9.17) is 10.1 Å². The Morgan fingerprint density at radius 2 is 1.67 bits per heavy atom. The predicted octanol–water partition coefficient (Wildman–Crippen LogP) is 4.56. The van der Waals surface area contributed by atoms with E-state index in [0.717, 1.165) is 23.4 Å². The Kier molecular flexibility index (Phi) is 7.17. The number of hydrogen-bond donors (Lipinski definition) is 1. The van der Waals surface area contributed by atoms with Crippen molar-refractivity contribution in [3.8, 4) is 17.2 Å². The van der Waals surface area contributed by atoms with Crippen molar-refractivity contribution in [2.45, 2.75) is 6.18 Å². The van der Waals surface area contributed by atoms with Crippen molar-refractivity contribution >= 4 is 17.7 Å². The zero-order chi connectivity index (χ0) is 25.7. The van der Waals surface area contributed by atoms with Crippen LogP contribution in [0, 0.1) is 11.3 Å². The van der Waals surface area contributed by atoms with Gasteiger partial charge in [0.2, 0.25) is 0 Å². The van der Waals surface area contributed by atoms with Crippen molar-refractivity contribution < 1.29 is 27.6 Å². The molecule has 0 saturated carbocycles. The van der Waals surface area contributed by atoms with Crippen LogP contribution in [0.2, 0.25) is 0 Å². The van der Waals surface area contributed by atoms with Crippen molar-refractivity contribution in [2.24, 2.45) is 0 Å². The SMILES string of the molecule is N#Cc1cnc(C(F)(F)F)c(C(=O)ON2CCN(C(=O)Nc3ccccc3-c3ccccc3)CC2)c1. The number of nitrogens with zero attached hydrogens (tertiary/aromatic N) is 4. The highest BCUT2D eigenvalue weighted by molar-refractivity contribution is 5.94. The first-order chi connectivity index (χ1) is 17.3. The Labute approximate surface area is 204 Å². The minimum Gasteiger partial charge on any atom is -0.364 e. The third-order valence-corrected chi connectivity index (χ3v) is 5.50. The minimum atomic E-state index is -4.89. The Morgan fingerprint density at radius 3 is 2.33 bits per heavy atom. The molecule has 36 heavy (non-hydrogen) atoms. The van der Waals surface area contributed by atoms with Gasteiger partial charge in [0.1, 0.15) is 6.07 Å². The summed E-state index contributed by atoms with van der Waals surface area (Å²) in [6, 6.07) is 19.0. The molecule has 11 heteroatoms. The number of anilines is 1. The molecule has 1 saturated heterocycles. The number of carbonyl (C=O) groups is 2. The van der Waals surface area contributed by atoms with Crippen molar-refractivity contribution in [3.05, 3.63) is 83.7 Å². The van der Waals surface area contributed by atoms with Gasteiger partial charge in [0.05, 0.1) is 29.9 Å². The zero-order valence-corrected chi connectivity index (χ0v) is 18.8. The summed E-state index contributed by atoms with van der Waals surface area (Å²) in [7, 11) is 0. The Hall–Kier alpha value is -4.43. The van der Waals surface area contributed by atoms with E-state index < -0.39 is 23.4 Å². The quantitative estimate of drug-likeness (QED) is 0.570. The molecule has 1 aliphatic heterocycles. The summed E-state index contributed by atoms with van der Waals surface area (Å²) >= 11 is 0. The molecule has 2 heterocycles. The lowest BCUT2D eigenvalue weighted by Gasteiger charge is -2.33. The number of halogens is 3. The first kappa shape index (κ1) is 24.7. The maximum Gasteiger partial charge on any atom is 0.434 e. The second kappa shape index (κ2) is 10.5. The number of nitrogens with one attached hydrogen (secondary N) is 1. The summed E-state index contributed by atoms with van der Waals surface area (Å²) in [5, 5.41) is 13.0. The van der Waals surface area contributed by atoms with Crippen LogP contribution in [0.15, 0.2) is 66.9 Å². The number of benzene rings is 2. The summed E-state index contributed by atoms with van der Waals surface area (Å²) in [6.45, 7) is 0.531. The topological polar surface area (TPSA) is 98.6 Å². The number of para-hydroxylation sites is 1. The first-order valence-electron chi connectivity index (χ1n) is 10.9. The molecule has 184 valence electrons. The molecule has 3 aromatic rings. The van der Waals surface area contributed by atoms with Crippen LogP contribution in [-0.4, -0.2) is 53.1 Å². The smallest absolute Gasteiger partial charge is 0.364 e. The van der Waals surface area contributed by atoms with Crippen LogP contribution in [0.3, 0.4) is 0 Å². The monoisotopic (exact) mass is 495 g/mol. The van der Waals surface area contributed by atoms with Gasteiger partial charge in [0.25, 0.3) is 0 Å². The number of hydrogen-bond acceptors (Lipinski definition) is 6. The highest BCUT2D eigenvalue weighted by Crippen LogP contribution is 2.31. The predicted molar refractivity (Wildman–Crippen MR) is 123 cm³/mol. The number of nitriles is 1. The van der Waals surface area contributed by atoms with Crippen molar-refractivity contribution in [1.29, 1.82) is 5.26 Å². The fraction of sp³-hybridized carbons (Fsp3) is 0.200. The van der Waals surface area contributed by atoms with Crippen LogP contribution >= 0.6 is 0 Å². The van der Waals surface area contributed by atoms with Gasteiger partial charge in [-0.2, -0.15) is 18.4 Å². The number of rotatable bonds is 4. The van der Waals surface area contributed by atoms with Crippen LogP contribution in [0.25, 0.3) is 11.1 Å². The number of pyridine rings is 1. The van der Waals surface area contributed by atoms with Crippen LogP contribution in [0.4, 0.5) is 23.7 Å². The zero-order valence-electron chi connectivity index (χ0n) is 18.8. The van der Waals surface area contributed by atoms with Gasteiger partial charge in [-0.05, 0) is 17.7 Å². The fourth-order valence-corrected chi connectivity index (χ4v) is 3.71. The van der Waals surface area contributed by atoms with Crippen molar-refractivity contribution in [2.75, 3.05) is 31.5 Å². The Bertz CT molecular complexity index is 1300. The second-order valence-corrected chi connectivity index (χ2v) is 7.87. The van der Waals surface area contributed by atoms with E-state index in [2.05, 4.69) is 10.3 Å². The van der Waals surface area contributed by atoms with Gasteiger partial charge < -0.3 is 15.1 Å². The van der Waals surface area contributed by atoms with Crippen LogP contribution in [0.1, 0.15) is 21.6 Å². The molecule has 2 aromatic carbocycles. The summed E-state index contributed by atoms with van der Waals surface area (Å²) in [6.07, 6.45) is -4.15. The number of aromatic nitrogens is 1. The summed E-state index contributed by atoms with van der Waals surface area (Å²) < 4.78 is 39.8. The van der Waals surface area contributed by atoms with Crippen LogP contribution in [0.5, 0.6) is 0 Å². The molecule has 4 rings (SSSR count). The lowest BCUT2D eigenvalue weighted by atomic mass is 10.0. The van der Waals surface area contributed by atoms with Gasteiger partial charge in [-0.3, -0.25) is 0 Å². The lowest BCUT2D eigenvalue weighted by Crippen LogP contribution is -2.50. The van der Waals surface area contributed by atoms with Gasteiger partial charge in [-0.1, -0.05) is 48.5 Å². The maximum atomic E-state index is 13.3.